The summed E-state index contributed by atoms with van der Waals surface area (Å²) in [5.41, 5.74) is -1.04. The zero-order chi connectivity index (χ0) is 13.0. The Hall–Kier alpha value is -1.26. The van der Waals surface area contributed by atoms with Crippen molar-refractivity contribution in [1.29, 1.82) is 0 Å². The van der Waals surface area contributed by atoms with Crippen LogP contribution < -0.4 is 10.6 Å². The monoisotopic (exact) mass is 254 g/mol. The second-order valence-electron chi connectivity index (χ2n) is 5.58. The molecule has 0 aromatic heterocycles. The van der Waals surface area contributed by atoms with E-state index >= 15 is 0 Å². The predicted molar refractivity (Wildman–Crippen MR) is 67.3 cm³/mol. The number of carbonyl (C=O) groups is 2. The lowest BCUT2D eigenvalue weighted by molar-refractivity contribution is -0.145. The quantitative estimate of drug-likeness (QED) is 0.716. The number of carboxylic acid groups (broad SMARTS) is 1. The molecule has 0 radical (unpaired) electrons. The van der Waals surface area contributed by atoms with Crippen molar-refractivity contribution >= 4 is 12.0 Å². The van der Waals surface area contributed by atoms with Crippen LogP contribution in [0.15, 0.2) is 0 Å². The van der Waals surface area contributed by atoms with E-state index in [1.165, 1.54) is 19.3 Å². The van der Waals surface area contributed by atoms with Gasteiger partial charge in [0, 0.05) is 6.54 Å². The summed E-state index contributed by atoms with van der Waals surface area (Å²) in [7, 11) is 0. The van der Waals surface area contributed by atoms with E-state index in [9.17, 15) is 14.7 Å². The molecule has 0 aliphatic heterocycles. The van der Waals surface area contributed by atoms with Gasteiger partial charge in [-0.15, -0.1) is 0 Å². The fourth-order valence-electron chi connectivity index (χ4n) is 2.74. The number of aliphatic carboxylic acids is 1. The number of nitrogens with one attached hydrogen (secondary N) is 2. The van der Waals surface area contributed by atoms with Crippen LogP contribution in [0.2, 0.25) is 0 Å². The molecule has 0 aromatic carbocycles. The van der Waals surface area contributed by atoms with Crippen LogP contribution in [-0.2, 0) is 4.79 Å². The molecule has 3 N–H and O–H groups in total. The lowest BCUT2D eigenvalue weighted by Crippen LogP contribution is -2.58. The van der Waals surface area contributed by atoms with Crippen LogP contribution in [0.25, 0.3) is 0 Å². The van der Waals surface area contributed by atoms with E-state index in [0.29, 0.717) is 25.3 Å². The third kappa shape index (κ3) is 2.94. The Bertz CT molecular complexity index is 320. The maximum atomic E-state index is 11.8. The summed E-state index contributed by atoms with van der Waals surface area (Å²) in [6, 6.07) is -0.328. The van der Waals surface area contributed by atoms with Gasteiger partial charge >= 0.3 is 12.0 Å². The van der Waals surface area contributed by atoms with Crippen molar-refractivity contribution in [3.8, 4) is 0 Å². The van der Waals surface area contributed by atoms with E-state index in [2.05, 4.69) is 10.6 Å². The SMILES string of the molecule is O=C(NCC1CCC1)NC1(C(=O)O)CCCCC1. The number of rotatable bonds is 4. The minimum atomic E-state index is -1.04. The molecule has 2 amide bonds. The molecule has 2 aliphatic rings. The van der Waals surface area contributed by atoms with Crippen LogP contribution >= 0.6 is 0 Å². The first-order chi connectivity index (χ1) is 8.62. The average Bonchev–Trinajstić information content (AvgIpc) is 2.28. The van der Waals surface area contributed by atoms with Crippen LogP contribution in [0.1, 0.15) is 51.4 Å². The Morgan fingerprint density at radius 1 is 1.11 bits per heavy atom. The van der Waals surface area contributed by atoms with Gasteiger partial charge in [0.15, 0.2) is 0 Å². The number of carboxylic acids is 1. The summed E-state index contributed by atoms with van der Waals surface area (Å²) in [5.74, 6) is -0.316. The van der Waals surface area contributed by atoms with E-state index in [1.807, 2.05) is 0 Å². The summed E-state index contributed by atoms with van der Waals surface area (Å²) >= 11 is 0. The second kappa shape index (κ2) is 5.59. The molecule has 0 bridgehead atoms. The third-order valence-corrected chi connectivity index (χ3v) is 4.25. The summed E-state index contributed by atoms with van der Waals surface area (Å²) < 4.78 is 0. The molecule has 2 aliphatic carbocycles. The number of amides is 2. The highest BCUT2D eigenvalue weighted by atomic mass is 16.4. The summed E-state index contributed by atoms with van der Waals surface area (Å²) in [4.78, 5) is 23.2. The van der Waals surface area contributed by atoms with Gasteiger partial charge in [0.25, 0.3) is 0 Å². The largest absolute Gasteiger partial charge is 0.480 e. The number of carbonyl (C=O) groups excluding carboxylic acids is 1. The molecule has 0 aromatic rings. The topological polar surface area (TPSA) is 78.4 Å². The first-order valence-corrected chi connectivity index (χ1v) is 6.92. The standard InChI is InChI=1S/C13H22N2O3/c16-11(17)13(7-2-1-3-8-13)15-12(18)14-9-10-5-4-6-10/h10H,1-9H2,(H,16,17)(H2,14,15,18). The summed E-state index contributed by atoms with van der Waals surface area (Å²) in [6.45, 7) is 0.668. The van der Waals surface area contributed by atoms with Gasteiger partial charge in [0.2, 0.25) is 0 Å². The molecule has 5 nitrogen and oxygen atoms in total. The Balaban J connectivity index is 1.83. The lowest BCUT2D eigenvalue weighted by atomic mass is 9.82. The van der Waals surface area contributed by atoms with Gasteiger partial charge in [0.05, 0.1) is 0 Å². The highest BCUT2D eigenvalue weighted by Crippen LogP contribution is 2.28. The number of urea groups is 1. The molecule has 0 saturated heterocycles. The maximum absolute atomic E-state index is 11.8. The number of hydrogen-bond donors (Lipinski definition) is 3. The van der Waals surface area contributed by atoms with Crippen LogP contribution in [-0.4, -0.2) is 29.2 Å². The maximum Gasteiger partial charge on any atom is 0.329 e. The molecular formula is C13H22N2O3. The molecule has 0 atom stereocenters. The Labute approximate surface area is 107 Å². The highest BCUT2D eigenvalue weighted by molar-refractivity contribution is 5.86. The molecular weight excluding hydrogens is 232 g/mol. The first-order valence-electron chi connectivity index (χ1n) is 6.92. The van der Waals surface area contributed by atoms with Crippen LogP contribution in [0.3, 0.4) is 0 Å². The highest BCUT2D eigenvalue weighted by Gasteiger charge is 2.41. The van der Waals surface area contributed by atoms with Gasteiger partial charge in [-0.2, -0.15) is 0 Å². The molecule has 2 saturated carbocycles. The number of hydrogen-bond acceptors (Lipinski definition) is 2. The van der Waals surface area contributed by atoms with Crippen molar-refractivity contribution in [2.24, 2.45) is 5.92 Å². The zero-order valence-electron chi connectivity index (χ0n) is 10.7. The summed E-state index contributed by atoms with van der Waals surface area (Å²) in [5, 5.41) is 14.8. The average molecular weight is 254 g/mol. The fourth-order valence-corrected chi connectivity index (χ4v) is 2.74. The fraction of sp³-hybridized carbons (Fsp3) is 0.846. The minimum Gasteiger partial charge on any atom is -0.480 e. The Morgan fingerprint density at radius 2 is 1.78 bits per heavy atom. The second-order valence-corrected chi connectivity index (χ2v) is 5.58. The van der Waals surface area contributed by atoms with Crippen molar-refractivity contribution < 1.29 is 14.7 Å². The molecule has 2 rings (SSSR count). The summed E-state index contributed by atoms with van der Waals surface area (Å²) in [6.07, 6.45) is 7.46. The van der Waals surface area contributed by atoms with Crippen LogP contribution in [0.4, 0.5) is 4.79 Å². The van der Waals surface area contributed by atoms with Gasteiger partial charge in [-0.1, -0.05) is 25.7 Å². The van der Waals surface area contributed by atoms with E-state index in [1.54, 1.807) is 0 Å². The predicted octanol–water partition coefficient (Wildman–Crippen LogP) is 1.87. The van der Waals surface area contributed by atoms with Crippen molar-refractivity contribution in [2.75, 3.05) is 6.54 Å². The van der Waals surface area contributed by atoms with E-state index < -0.39 is 11.5 Å². The van der Waals surface area contributed by atoms with E-state index in [0.717, 1.165) is 19.3 Å². The van der Waals surface area contributed by atoms with Crippen LogP contribution in [0, 0.1) is 5.92 Å². The Kier molecular flexibility index (Phi) is 4.09. The molecule has 0 heterocycles. The van der Waals surface area contributed by atoms with Gasteiger partial charge < -0.3 is 15.7 Å². The van der Waals surface area contributed by atoms with Gasteiger partial charge in [0.1, 0.15) is 5.54 Å². The van der Waals surface area contributed by atoms with Gasteiger partial charge in [-0.05, 0) is 31.6 Å². The van der Waals surface area contributed by atoms with E-state index in [-0.39, 0.29) is 6.03 Å². The first kappa shape index (κ1) is 13.2. The lowest BCUT2D eigenvalue weighted by Gasteiger charge is -2.34. The molecule has 0 spiro atoms. The molecule has 2 fully saturated rings. The van der Waals surface area contributed by atoms with E-state index in [4.69, 9.17) is 0 Å². The third-order valence-electron chi connectivity index (χ3n) is 4.25. The Morgan fingerprint density at radius 3 is 2.28 bits per heavy atom. The van der Waals surface area contributed by atoms with Crippen LogP contribution in [0.5, 0.6) is 0 Å². The normalized spacial score (nSPS) is 22.9. The minimum absolute atomic E-state index is 0.328. The molecule has 18 heavy (non-hydrogen) atoms. The molecule has 5 heteroatoms. The molecule has 102 valence electrons. The molecule has 0 unspecified atom stereocenters. The smallest absolute Gasteiger partial charge is 0.329 e. The van der Waals surface area contributed by atoms with Gasteiger partial charge in [-0.3, -0.25) is 0 Å². The van der Waals surface area contributed by atoms with Gasteiger partial charge in [-0.25, -0.2) is 9.59 Å². The zero-order valence-corrected chi connectivity index (χ0v) is 10.7. The van der Waals surface area contributed by atoms with Crippen molar-refractivity contribution in [3.63, 3.8) is 0 Å². The van der Waals surface area contributed by atoms with Crippen molar-refractivity contribution in [3.05, 3.63) is 0 Å². The van der Waals surface area contributed by atoms with Crippen molar-refractivity contribution in [1.82, 2.24) is 10.6 Å². The van der Waals surface area contributed by atoms with Crippen molar-refractivity contribution in [2.45, 2.75) is 56.9 Å².